The summed E-state index contributed by atoms with van der Waals surface area (Å²) in [6.45, 7) is 4.12. The second-order valence-electron chi connectivity index (χ2n) is 4.47. The van der Waals surface area contributed by atoms with Gasteiger partial charge in [0.1, 0.15) is 6.33 Å². The molecule has 5 nitrogen and oxygen atoms in total. The van der Waals surface area contributed by atoms with Gasteiger partial charge in [-0.2, -0.15) is 0 Å². The molecule has 0 radical (unpaired) electrons. The van der Waals surface area contributed by atoms with E-state index in [-0.39, 0.29) is 0 Å². The van der Waals surface area contributed by atoms with E-state index in [4.69, 9.17) is 0 Å². The normalized spacial score (nSPS) is 10.8. The average Bonchev–Trinajstić information content (AvgIpc) is 2.82. The van der Waals surface area contributed by atoms with Crippen molar-refractivity contribution in [2.24, 2.45) is 0 Å². The molecule has 94 valence electrons. The topological polar surface area (TPSA) is 60.7 Å². The van der Waals surface area contributed by atoms with Gasteiger partial charge in [0.2, 0.25) is 5.95 Å². The monoisotopic (exact) mass is 252 g/mol. The Balaban J connectivity index is 2.18. The van der Waals surface area contributed by atoms with Gasteiger partial charge in [-0.25, -0.2) is 15.0 Å². The number of fused-ring (bicyclic) bond motifs is 1. The molecule has 3 rings (SSSR count). The third kappa shape index (κ3) is 1.89. The fraction of sp³-hybridized carbons (Fsp3) is 0.143. The van der Waals surface area contributed by atoms with Crippen LogP contribution >= 0.6 is 0 Å². The van der Waals surface area contributed by atoms with E-state index in [2.05, 4.69) is 34.9 Å². The molecular weight excluding hydrogens is 240 g/mol. The maximum atomic E-state index is 10.6. The number of imidazole rings is 1. The van der Waals surface area contributed by atoms with Crippen LogP contribution in [0.5, 0.6) is 0 Å². The Morgan fingerprint density at radius 3 is 2.42 bits per heavy atom. The van der Waals surface area contributed by atoms with Crippen LogP contribution in [0, 0.1) is 13.8 Å². The lowest BCUT2D eigenvalue weighted by molar-refractivity contribution is 0.112. The molecule has 2 heterocycles. The van der Waals surface area contributed by atoms with E-state index in [1.165, 1.54) is 23.5 Å². The van der Waals surface area contributed by atoms with Gasteiger partial charge in [-0.1, -0.05) is 0 Å². The van der Waals surface area contributed by atoms with Gasteiger partial charge in [0.25, 0.3) is 0 Å². The van der Waals surface area contributed by atoms with Crippen LogP contribution in [-0.2, 0) is 0 Å². The van der Waals surface area contributed by atoms with Crippen LogP contribution in [0.2, 0.25) is 0 Å². The molecule has 0 amide bonds. The number of aldehydes is 1. The summed E-state index contributed by atoms with van der Waals surface area (Å²) in [7, 11) is 0. The van der Waals surface area contributed by atoms with Crippen molar-refractivity contribution in [3.8, 4) is 5.95 Å². The summed E-state index contributed by atoms with van der Waals surface area (Å²) in [5.74, 6) is 0.511. The van der Waals surface area contributed by atoms with Crippen LogP contribution in [-0.4, -0.2) is 25.8 Å². The predicted octanol–water partition coefficient (Wildman–Crippen LogP) is 2.24. The third-order valence-corrected chi connectivity index (χ3v) is 3.17. The molecule has 0 aliphatic rings. The number of hydrogen-bond acceptors (Lipinski definition) is 4. The molecule has 0 aliphatic heterocycles. The van der Waals surface area contributed by atoms with Crippen molar-refractivity contribution in [3.05, 3.63) is 47.5 Å². The second kappa shape index (κ2) is 4.28. The molecular formula is C14H12N4O. The molecule has 3 aromatic rings. The van der Waals surface area contributed by atoms with E-state index in [0.29, 0.717) is 11.5 Å². The van der Waals surface area contributed by atoms with Gasteiger partial charge in [0.15, 0.2) is 6.29 Å². The molecule has 0 spiro atoms. The summed E-state index contributed by atoms with van der Waals surface area (Å²) in [6.07, 6.45) is 5.42. The summed E-state index contributed by atoms with van der Waals surface area (Å²) in [5, 5.41) is 0. The first-order valence-electron chi connectivity index (χ1n) is 5.91. The average molecular weight is 252 g/mol. The molecule has 1 aromatic carbocycles. The maximum absolute atomic E-state index is 10.6. The zero-order valence-electron chi connectivity index (χ0n) is 10.7. The van der Waals surface area contributed by atoms with Crippen LogP contribution in [0.4, 0.5) is 0 Å². The van der Waals surface area contributed by atoms with Crippen molar-refractivity contribution in [1.29, 1.82) is 0 Å². The van der Waals surface area contributed by atoms with Crippen LogP contribution in [0.1, 0.15) is 21.5 Å². The van der Waals surface area contributed by atoms with Gasteiger partial charge in [-0.15, -0.1) is 0 Å². The number of rotatable bonds is 2. The van der Waals surface area contributed by atoms with E-state index < -0.39 is 0 Å². The van der Waals surface area contributed by atoms with E-state index >= 15 is 0 Å². The number of benzene rings is 1. The fourth-order valence-electron chi connectivity index (χ4n) is 1.94. The molecule has 0 aliphatic carbocycles. The van der Waals surface area contributed by atoms with E-state index in [9.17, 15) is 4.79 Å². The standard InChI is InChI=1S/C14H12N4O/c1-9-3-12-13(4-10(9)2)18(8-17-12)14-15-5-11(7-19)6-16-14/h3-8H,1-2H3. The van der Waals surface area contributed by atoms with E-state index in [0.717, 1.165) is 17.3 Å². The Labute approximate surface area is 110 Å². The largest absolute Gasteiger partial charge is 0.298 e. The van der Waals surface area contributed by atoms with E-state index in [1.807, 2.05) is 10.6 Å². The Morgan fingerprint density at radius 1 is 1.05 bits per heavy atom. The summed E-state index contributed by atoms with van der Waals surface area (Å²) >= 11 is 0. The Kier molecular flexibility index (Phi) is 2.59. The zero-order valence-corrected chi connectivity index (χ0v) is 10.7. The van der Waals surface area contributed by atoms with E-state index in [1.54, 1.807) is 6.33 Å². The van der Waals surface area contributed by atoms with Gasteiger partial charge in [0, 0.05) is 12.4 Å². The second-order valence-corrected chi connectivity index (χ2v) is 4.47. The van der Waals surface area contributed by atoms with Crippen molar-refractivity contribution < 1.29 is 4.79 Å². The van der Waals surface area contributed by atoms with Crippen LogP contribution < -0.4 is 0 Å². The third-order valence-electron chi connectivity index (χ3n) is 3.17. The highest BCUT2D eigenvalue weighted by atomic mass is 16.1. The molecule has 0 N–H and O–H groups in total. The molecule has 0 saturated carbocycles. The van der Waals surface area contributed by atoms with Gasteiger partial charge in [-0.3, -0.25) is 9.36 Å². The lowest BCUT2D eigenvalue weighted by Gasteiger charge is -2.04. The molecule has 2 aromatic heterocycles. The number of nitrogens with zero attached hydrogens (tertiary/aromatic N) is 4. The lowest BCUT2D eigenvalue weighted by Crippen LogP contribution is -2.00. The number of carbonyl (C=O) groups excluding carboxylic acids is 1. The number of hydrogen-bond donors (Lipinski definition) is 0. The molecule has 5 heteroatoms. The fourth-order valence-corrected chi connectivity index (χ4v) is 1.94. The van der Waals surface area contributed by atoms with Crippen molar-refractivity contribution in [1.82, 2.24) is 19.5 Å². The van der Waals surface area contributed by atoms with Crippen LogP contribution in [0.25, 0.3) is 17.0 Å². The zero-order chi connectivity index (χ0) is 13.4. The predicted molar refractivity (Wildman–Crippen MR) is 71.5 cm³/mol. The molecule has 0 saturated heterocycles. The highest BCUT2D eigenvalue weighted by Gasteiger charge is 2.08. The number of carbonyl (C=O) groups is 1. The van der Waals surface area contributed by atoms with Crippen molar-refractivity contribution in [3.63, 3.8) is 0 Å². The summed E-state index contributed by atoms with van der Waals surface area (Å²) in [6, 6.07) is 4.11. The van der Waals surface area contributed by atoms with Gasteiger partial charge >= 0.3 is 0 Å². The maximum Gasteiger partial charge on any atom is 0.235 e. The quantitative estimate of drug-likeness (QED) is 0.656. The molecule has 19 heavy (non-hydrogen) atoms. The molecule has 0 fully saturated rings. The van der Waals surface area contributed by atoms with Crippen molar-refractivity contribution in [2.75, 3.05) is 0 Å². The van der Waals surface area contributed by atoms with Gasteiger partial charge < -0.3 is 0 Å². The highest BCUT2D eigenvalue weighted by Crippen LogP contribution is 2.20. The Bertz CT molecular complexity index is 759. The number of aromatic nitrogens is 4. The summed E-state index contributed by atoms with van der Waals surface area (Å²) < 4.78 is 1.82. The highest BCUT2D eigenvalue weighted by molar-refractivity contribution is 5.79. The van der Waals surface area contributed by atoms with Gasteiger partial charge in [0.05, 0.1) is 16.6 Å². The molecule has 0 atom stereocenters. The smallest absolute Gasteiger partial charge is 0.235 e. The minimum Gasteiger partial charge on any atom is -0.298 e. The van der Waals surface area contributed by atoms with Crippen LogP contribution in [0.15, 0.2) is 30.9 Å². The van der Waals surface area contributed by atoms with Crippen molar-refractivity contribution in [2.45, 2.75) is 13.8 Å². The molecule has 0 unspecified atom stereocenters. The summed E-state index contributed by atoms with van der Waals surface area (Å²) in [4.78, 5) is 23.3. The first kappa shape index (κ1) is 11.5. The Hall–Kier alpha value is -2.56. The number of aryl methyl sites for hydroxylation is 2. The SMILES string of the molecule is Cc1cc2ncn(-c3ncc(C=O)cn3)c2cc1C. The molecule has 0 bridgehead atoms. The summed E-state index contributed by atoms with van der Waals surface area (Å²) in [5.41, 5.74) is 4.72. The first-order valence-corrected chi connectivity index (χ1v) is 5.91. The minimum atomic E-state index is 0.459. The first-order chi connectivity index (χ1) is 9.19. The van der Waals surface area contributed by atoms with Crippen LogP contribution in [0.3, 0.4) is 0 Å². The minimum absolute atomic E-state index is 0.459. The lowest BCUT2D eigenvalue weighted by atomic mass is 10.1. The van der Waals surface area contributed by atoms with Gasteiger partial charge in [-0.05, 0) is 37.1 Å². The Morgan fingerprint density at radius 2 is 1.74 bits per heavy atom. The van der Waals surface area contributed by atoms with Crippen molar-refractivity contribution >= 4 is 17.3 Å².